The summed E-state index contributed by atoms with van der Waals surface area (Å²) in [5.41, 5.74) is 8.28. The quantitative estimate of drug-likeness (QED) is 0.634. The molecule has 0 unspecified atom stereocenters. The van der Waals surface area contributed by atoms with Crippen molar-refractivity contribution in [2.75, 3.05) is 19.6 Å². The molecule has 0 amide bonds. The maximum atomic E-state index is 5.78. The van der Waals surface area contributed by atoms with E-state index >= 15 is 0 Å². The molecule has 0 aliphatic carbocycles. The normalized spacial score (nSPS) is 10.8. The minimum absolute atomic E-state index is 0. The van der Waals surface area contributed by atoms with Gasteiger partial charge in [-0.25, -0.2) is 4.98 Å². The number of rotatable bonds is 8. The first kappa shape index (κ1) is 19.1. The first-order valence-corrected chi connectivity index (χ1v) is 9.55. The van der Waals surface area contributed by atoms with Gasteiger partial charge in [0, 0.05) is 31.6 Å². The predicted octanol–water partition coefficient (Wildman–Crippen LogP) is 4.30. The minimum atomic E-state index is 0. The molecular formula is C18H22ClN3S2. The Bertz CT molecular complexity index is 698. The van der Waals surface area contributed by atoms with E-state index in [1.54, 1.807) is 22.7 Å². The lowest BCUT2D eigenvalue weighted by Crippen LogP contribution is -2.31. The molecule has 0 saturated heterocycles. The number of thiophene rings is 1. The first-order valence-electron chi connectivity index (χ1n) is 7.80. The summed E-state index contributed by atoms with van der Waals surface area (Å²) in [5.74, 6) is 0. The van der Waals surface area contributed by atoms with Crippen LogP contribution >= 0.6 is 35.1 Å². The molecule has 2 N–H and O–H groups in total. The molecule has 128 valence electrons. The zero-order valence-electron chi connectivity index (χ0n) is 13.4. The average Bonchev–Trinajstić information content (AvgIpc) is 3.25. The van der Waals surface area contributed by atoms with Crippen LogP contribution in [0.15, 0.2) is 53.2 Å². The van der Waals surface area contributed by atoms with Crippen molar-refractivity contribution in [1.29, 1.82) is 0 Å². The van der Waals surface area contributed by atoms with Gasteiger partial charge in [0.2, 0.25) is 0 Å². The topological polar surface area (TPSA) is 42.1 Å². The summed E-state index contributed by atoms with van der Waals surface area (Å²) in [6, 6.07) is 14.8. The van der Waals surface area contributed by atoms with Crippen molar-refractivity contribution in [3.63, 3.8) is 0 Å². The predicted molar refractivity (Wildman–Crippen MR) is 107 cm³/mol. The second-order valence-electron chi connectivity index (χ2n) is 5.42. The van der Waals surface area contributed by atoms with E-state index in [0.29, 0.717) is 6.54 Å². The van der Waals surface area contributed by atoms with Crippen LogP contribution in [0, 0.1) is 0 Å². The van der Waals surface area contributed by atoms with Gasteiger partial charge in [-0.1, -0.05) is 36.4 Å². The zero-order valence-corrected chi connectivity index (χ0v) is 15.9. The maximum Gasteiger partial charge on any atom is 0.133 e. The molecule has 2 aromatic heterocycles. The van der Waals surface area contributed by atoms with E-state index in [0.717, 1.165) is 36.8 Å². The molecule has 0 bridgehead atoms. The van der Waals surface area contributed by atoms with Crippen molar-refractivity contribution >= 4 is 35.1 Å². The highest BCUT2D eigenvalue weighted by Crippen LogP contribution is 2.28. The Morgan fingerprint density at radius 2 is 1.83 bits per heavy atom. The third kappa shape index (κ3) is 5.40. The fraction of sp³-hybridized carbons (Fsp3) is 0.278. The van der Waals surface area contributed by atoms with Gasteiger partial charge in [0.25, 0.3) is 0 Å². The number of hydrogen-bond acceptors (Lipinski definition) is 5. The summed E-state index contributed by atoms with van der Waals surface area (Å²) in [6.45, 7) is 3.45. The third-order valence-electron chi connectivity index (χ3n) is 3.67. The molecule has 0 spiro atoms. The van der Waals surface area contributed by atoms with Gasteiger partial charge in [0.1, 0.15) is 5.01 Å². The van der Waals surface area contributed by atoms with Crippen LogP contribution < -0.4 is 5.73 Å². The molecule has 1 aromatic carbocycles. The third-order valence-corrected chi connectivity index (χ3v) is 5.60. The number of aromatic nitrogens is 1. The molecule has 3 nitrogen and oxygen atoms in total. The Kier molecular flexibility index (Phi) is 7.88. The Morgan fingerprint density at radius 3 is 2.54 bits per heavy atom. The molecule has 24 heavy (non-hydrogen) atoms. The van der Waals surface area contributed by atoms with Crippen LogP contribution in [0.2, 0.25) is 0 Å². The molecule has 0 aliphatic heterocycles. The highest BCUT2D eigenvalue weighted by atomic mass is 35.5. The van der Waals surface area contributed by atoms with Gasteiger partial charge < -0.3 is 5.73 Å². The lowest BCUT2D eigenvalue weighted by molar-refractivity contribution is 0.274. The second-order valence-corrected chi connectivity index (χ2v) is 7.23. The fourth-order valence-corrected chi connectivity index (χ4v) is 4.13. The number of nitrogens with two attached hydrogens (primary N) is 1. The van der Waals surface area contributed by atoms with Crippen molar-refractivity contribution in [2.45, 2.75) is 13.0 Å². The summed E-state index contributed by atoms with van der Waals surface area (Å²) in [7, 11) is 0. The Balaban J connectivity index is 0.00000208. The van der Waals surface area contributed by atoms with E-state index in [9.17, 15) is 0 Å². The van der Waals surface area contributed by atoms with E-state index < -0.39 is 0 Å². The van der Waals surface area contributed by atoms with Crippen LogP contribution in [0.5, 0.6) is 0 Å². The fourth-order valence-electron chi connectivity index (χ4n) is 2.51. The lowest BCUT2D eigenvalue weighted by Gasteiger charge is -2.20. The van der Waals surface area contributed by atoms with E-state index in [2.05, 4.69) is 58.1 Å². The summed E-state index contributed by atoms with van der Waals surface area (Å²) >= 11 is 3.46. The zero-order chi connectivity index (χ0) is 15.9. The van der Waals surface area contributed by atoms with Crippen molar-refractivity contribution < 1.29 is 0 Å². The standard InChI is InChI=1S/C18H21N3S2.ClH/c19-9-11-21(10-8-15-5-2-1-3-6-15)13-16-14-23-18(20-16)17-7-4-12-22-17;/h1-7,12,14H,8-11,13,19H2;1H. The maximum absolute atomic E-state index is 5.78. The summed E-state index contributed by atoms with van der Waals surface area (Å²) < 4.78 is 0. The van der Waals surface area contributed by atoms with Gasteiger partial charge in [0.15, 0.2) is 0 Å². The Labute approximate surface area is 157 Å². The van der Waals surface area contributed by atoms with E-state index in [1.807, 2.05) is 0 Å². The highest BCUT2D eigenvalue weighted by molar-refractivity contribution is 7.20. The number of halogens is 1. The van der Waals surface area contributed by atoms with E-state index in [-0.39, 0.29) is 12.4 Å². The molecule has 0 saturated carbocycles. The summed E-state index contributed by atoms with van der Waals surface area (Å²) in [4.78, 5) is 8.41. The van der Waals surface area contributed by atoms with Gasteiger partial charge in [-0.3, -0.25) is 4.90 Å². The highest BCUT2D eigenvalue weighted by Gasteiger charge is 2.10. The molecule has 0 fully saturated rings. The van der Waals surface area contributed by atoms with Gasteiger partial charge in [-0.15, -0.1) is 35.1 Å². The molecule has 0 aliphatic rings. The Hall–Kier alpha value is -1.24. The second kappa shape index (κ2) is 9.91. The van der Waals surface area contributed by atoms with E-state index in [4.69, 9.17) is 10.7 Å². The van der Waals surface area contributed by atoms with Crippen LogP contribution in [-0.4, -0.2) is 29.5 Å². The molecule has 6 heteroatoms. The van der Waals surface area contributed by atoms with Gasteiger partial charge >= 0.3 is 0 Å². The van der Waals surface area contributed by atoms with Crippen molar-refractivity contribution in [3.8, 4) is 9.88 Å². The van der Waals surface area contributed by atoms with Crippen molar-refractivity contribution in [2.24, 2.45) is 5.73 Å². The number of benzene rings is 1. The smallest absolute Gasteiger partial charge is 0.133 e. The molecule has 2 heterocycles. The largest absolute Gasteiger partial charge is 0.329 e. The first-order chi connectivity index (χ1) is 11.3. The van der Waals surface area contributed by atoms with Gasteiger partial charge in [-0.2, -0.15) is 0 Å². The average molecular weight is 380 g/mol. The van der Waals surface area contributed by atoms with Crippen molar-refractivity contribution in [3.05, 3.63) is 64.5 Å². The van der Waals surface area contributed by atoms with E-state index in [1.165, 1.54) is 10.4 Å². The number of hydrogen-bond donors (Lipinski definition) is 1. The van der Waals surface area contributed by atoms with Crippen LogP contribution in [0.4, 0.5) is 0 Å². The Morgan fingerprint density at radius 1 is 1.00 bits per heavy atom. The molecule has 0 atom stereocenters. The van der Waals surface area contributed by atoms with Crippen LogP contribution in [0.1, 0.15) is 11.3 Å². The van der Waals surface area contributed by atoms with Gasteiger partial charge in [-0.05, 0) is 23.4 Å². The molecule has 3 rings (SSSR count). The SMILES string of the molecule is Cl.NCCN(CCc1ccccc1)Cc1csc(-c2cccs2)n1. The summed E-state index contributed by atoms with van der Waals surface area (Å²) in [5, 5.41) is 5.38. The number of nitrogens with zero attached hydrogens (tertiary/aromatic N) is 2. The van der Waals surface area contributed by atoms with Crippen LogP contribution in [0.3, 0.4) is 0 Å². The van der Waals surface area contributed by atoms with Gasteiger partial charge in [0.05, 0.1) is 10.6 Å². The van der Waals surface area contributed by atoms with Crippen LogP contribution in [0.25, 0.3) is 9.88 Å². The molecule has 3 aromatic rings. The van der Waals surface area contributed by atoms with Crippen molar-refractivity contribution in [1.82, 2.24) is 9.88 Å². The van der Waals surface area contributed by atoms with Crippen LogP contribution in [-0.2, 0) is 13.0 Å². The lowest BCUT2D eigenvalue weighted by atomic mass is 10.1. The number of thiazole rings is 1. The minimum Gasteiger partial charge on any atom is -0.329 e. The monoisotopic (exact) mass is 379 g/mol. The molecule has 0 radical (unpaired) electrons. The molecular weight excluding hydrogens is 358 g/mol. The summed E-state index contributed by atoms with van der Waals surface area (Å²) in [6.07, 6.45) is 1.04.